The van der Waals surface area contributed by atoms with Crippen molar-refractivity contribution in [2.75, 3.05) is 0 Å². The van der Waals surface area contributed by atoms with Crippen LogP contribution in [0, 0.1) is 28.4 Å². The zero-order chi connectivity index (χ0) is 22.6. The van der Waals surface area contributed by atoms with Gasteiger partial charge in [0.05, 0.1) is 10.6 Å². The zero-order valence-corrected chi connectivity index (χ0v) is 15.9. The number of nitriles is 1. The summed E-state index contributed by atoms with van der Waals surface area (Å²) < 4.78 is 40.2. The monoisotopic (exact) mass is 423 g/mol. The Kier molecular flexibility index (Phi) is 6.56. The topological polar surface area (TPSA) is 134 Å². The average molecular weight is 423 g/mol. The van der Waals surface area contributed by atoms with Crippen molar-refractivity contribution in [1.29, 1.82) is 5.26 Å². The Morgan fingerprint density at radius 3 is 2.53 bits per heavy atom. The Labute approximate surface area is 167 Å². The molecule has 1 aromatic heterocycles. The number of aromatic hydroxyl groups is 1. The largest absolute Gasteiger partial charge is 0.493 e. The molecule has 0 aliphatic rings. The summed E-state index contributed by atoms with van der Waals surface area (Å²) in [7, 11) is 0. The van der Waals surface area contributed by atoms with Crippen molar-refractivity contribution >= 4 is 17.1 Å². The molecular formula is C18H16F3N5O4. The summed E-state index contributed by atoms with van der Waals surface area (Å²) in [5, 5.41) is 37.6. The molecule has 0 amide bonds. The molecule has 0 saturated heterocycles. The van der Waals surface area contributed by atoms with E-state index in [1.165, 1.54) is 6.92 Å². The van der Waals surface area contributed by atoms with E-state index in [4.69, 9.17) is 0 Å². The normalized spacial score (nSPS) is 11.6. The van der Waals surface area contributed by atoms with Gasteiger partial charge in [-0.05, 0) is 25.5 Å². The van der Waals surface area contributed by atoms with Crippen molar-refractivity contribution < 1.29 is 23.2 Å². The highest BCUT2D eigenvalue weighted by Gasteiger charge is 2.38. The van der Waals surface area contributed by atoms with Crippen LogP contribution >= 0.6 is 0 Å². The van der Waals surface area contributed by atoms with Gasteiger partial charge in [-0.2, -0.15) is 23.5 Å². The first kappa shape index (κ1) is 22.5. The van der Waals surface area contributed by atoms with E-state index in [1.54, 1.807) is 6.07 Å². The van der Waals surface area contributed by atoms with Crippen molar-refractivity contribution in [3.63, 3.8) is 0 Å². The van der Waals surface area contributed by atoms with Crippen LogP contribution in [-0.4, -0.2) is 14.6 Å². The highest BCUT2D eigenvalue weighted by atomic mass is 19.4. The Hall–Kier alpha value is -3.75. The first-order valence-corrected chi connectivity index (χ1v) is 8.66. The number of rotatable bonds is 6. The molecule has 0 saturated carbocycles. The number of nitrogens with zero attached hydrogens (tertiary/aromatic N) is 5. The number of alkyl halides is 3. The van der Waals surface area contributed by atoms with Gasteiger partial charge in [0, 0.05) is 18.2 Å². The van der Waals surface area contributed by atoms with Gasteiger partial charge in [-0.3, -0.25) is 19.5 Å². The number of unbranched alkanes of at least 4 members (excludes halogenated alkanes) is 1. The molecule has 1 aromatic carbocycles. The number of azo groups is 1. The second kappa shape index (κ2) is 8.73. The summed E-state index contributed by atoms with van der Waals surface area (Å²) in [6.45, 7) is 3.30. The molecule has 2 aromatic rings. The van der Waals surface area contributed by atoms with Crippen LogP contribution in [0.5, 0.6) is 5.88 Å². The first-order chi connectivity index (χ1) is 14.0. The quantitative estimate of drug-likeness (QED) is 0.402. The molecule has 0 aliphatic carbocycles. The molecular weight excluding hydrogens is 407 g/mol. The maximum absolute atomic E-state index is 13.1. The summed E-state index contributed by atoms with van der Waals surface area (Å²) in [6, 6.07) is 3.79. The summed E-state index contributed by atoms with van der Waals surface area (Å²) in [4.78, 5) is 22.3. The fourth-order valence-corrected chi connectivity index (χ4v) is 2.66. The second-order valence-electron chi connectivity index (χ2n) is 6.25. The number of nitro groups is 1. The molecule has 0 fully saturated rings. The third-order valence-electron chi connectivity index (χ3n) is 4.25. The van der Waals surface area contributed by atoms with E-state index in [0.29, 0.717) is 25.0 Å². The first-order valence-electron chi connectivity index (χ1n) is 8.66. The summed E-state index contributed by atoms with van der Waals surface area (Å²) in [6.07, 6.45) is -3.78. The third kappa shape index (κ3) is 4.45. The Morgan fingerprint density at radius 2 is 2.00 bits per heavy atom. The minimum Gasteiger partial charge on any atom is -0.493 e. The lowest BCUT2D eigenvalue weighted by Crippen LogP contribution is -2.22. The molecule has 0 spiro atoms. The van der Waals surface area contributed by atoms with Crippen molar-refractivity contribution in [3.05, 3.63) is 55.4 Å². The van der Waals surface area contributed by atoms with E-state index in [9.17, 15) is 38.4 Å². The van der Waals surface area contributed by atoms with Crippen LogP contribution in [0.15, 0.2) is 33.2 Å². The van der Waals surface area contributed by atoms with E-state index in [1.807, 2.05) is 6.92 Å². The lowest BCUT2D eigenvalue weighted by molar-refractivity contribution is -0.388. The van der Waals surface area contributed by atoms with Gasteiger partial charge < -0.3 is 5.11 Å². The molecule has 30 heavy (non-hydrogen) atoms. The third-order valence-corrected chi connectivity index (χ3v) is 4.25. The van der Waals surface area contributed by atoms with Crippen LogP contribution in [0.2, 0.25) is 0 Å². The number of hydrogen-bond acceptors (Lipinski definition) is 7. The van der Waals surface area contributed by atoms with Crippen LogP contribution in [0.1, 0.15) is 36.5 Å². The molecule has 1 N–H and O–H groups in total. The number of aromatic nitrogens is 1. The van der Waals surface area contributed by atoms with Gasteiger partial charge in [0.1, 0.15) is 17.2 Å². The van der Waals surface area contributed by atoms with Crippen LogP contribution in [0.3, 0.4) is 0 Å². The molecule has 0 atom stereocenters. The van der Waals surface area contributed by atoms with Crippen molar-refractivity contribution in [3.8, 4) is 11.9 Å². The number of nitro benzene ring substituents is 1. The van der Waals surface area contributed by atoms with Gasteiger partial charge in [0.25, 0.3) is 11.2 Å². The predicted molar refractivity (Wildman–Crippen MR) is 99.0 cm³/mol. The minimum absolute atomic E-state index is 0.00875. The van der Waals surface area contributed by atoms with E-state index in [2.05, 4.69) is 10.2 Å². The standard InChI is InChI=1S/C18H16F3N5O4/c1-3-4-7-25-16(27)12(9-22)10(2)15(17(25)28)24-23-11-5-6-14(26(29)30)13(8-11)18(19,20)21/h5-6,8,27H,3-4,7H2,1-2H3. The molecule has 0 radical (unpaired) electrons. The number of benzene rings is 1. The SMILES string of the molecule is CCCCn1c(O)c(C#N)c(C)c(N=Nc2ccc([N+](=O)[O-])c(C(F)(F)F)c2)c1=O. The highest BCUT2D eigenvalue weighted by molar-refractivity contribution is 5.57. The van der Waals surface area contributed by atoms with Crippen molar-refractivity contribution in [1.82, 2.24) is 4.57 Å². The van der Waals surface area contributed by atoms with E-state index < -0.39 is 33.8 Å². The molecule has 9 nitrogen and oxygen atoms in total. The van der Waals surface area contributed by atoms with Crippen LogP contribution in [-0.2, 0) is 12.7 Å². The predicted octanol–water partition coefficient (Wildman–Crippen LogP) is 4.88. The molecule has 0 bridgehead atoms. The van der Waals surface area contributed by atoms with Crippen molar-refractivity contribution in [2.45, 2.75) is 39.4 Å². The molecule has 158 valence electrons. The van der Waals surface area contributed by atoms with Gasteiger partial charge in [-0.1, -0.05) is 13.3 Å². The van der Waals surface area contributed by atoms with Crippen LogP contribution in [0.4, 0.5) is 30.2 Å². The van der Waals surface area contributed by atoms with Gasteiger partial charge >= 0.3 is 6.18 Å². The minimum atomic E-state index is -5.00. The Balaban J connectivity index is 2.61. The number of hydrogen-bond donors (Lipinski definition) is 1. The molecule has 0 aliphatic heterocycles. The summed E-state index contributed by atoms with van der Waals surface area (Å²) >= 11 is 0. The number of halogens is 3. The zero-order valence-electron chi connectivity index (χ0n) is 15.9. The fraction of sp³-hybridized carbons (Fsp3) is 0.333. The van der Waals surface area contributed by atoms with Crippen LogP contribution < -0.4 is 5.56 Å². The second-order valence-corrected chi connectivity index (χ2v) is 6.25. The summed E-state index contributed by atoms with van der Waals surface area (Å²) in [5.74, 6) is -0.526. The molecule has 12 heteroatoms. The molecule has 0 unspecified atom stereocenters. The maximum atomic E-state index is 13.1. The van der Waals surface area contributed by atoms with Gasteiger partial charge in [0.2, 0.25) is 5.88 Å². The number of pyridine rings is 1. The molecule has 1 heterocycles. The highest BCUT2D eigenvalue weighted by Crippen LogP contribution is 2.38. The van der Waals surface area contributed by atoms with Gasteiger partial charge in [-0.25, -0.2) is 0 Å². The lowest BCUT2D eigenvalue weighted by atomic mass is 10.1. The van der Waals surface area contributed by atoms with Gasteiger partial charge in [-0.15, -0.1) is 5.11 Å². The fourth-order valence-electron chi connectivity index (χ4n) is 2.66. The Morgan fingerprint density at radius 1 is 1.33 bits per heavy atom. The Bertz CT molecular complexity index is 1120. The van der Waals surface area contributed by atoms with Crippen LogP contribution in [0.25, 0.3) is 0 Å². The van der Waals surface area contributed by atoms with Gasteiger partial charge in [0.15, 0.2) is 5.69 Å². The van der Waals surface area contributed by atoms with E-state index in [-0.39, 0.29) is 29.0 Å². The summed E-state index contributed by atoms with van der Waals surface area (Å²) in [5.41, 5.74) is -4.32. The average Bonchev–Trinajstić information content (AvgIpc) is 2.67. The lowest BCUT2D eigenvalue weighted by Gasteiger charge is -2.12. The smallest absolute Gasteiger partial charge is 0.423 e. The maximum Gasteiger partial charge on any atom is 0.423 e. The van der Waals surface area contributed by atoms with E-state index >= 15 is 0 Å². The van der Waals surface area contributed by atoms with E-state index in [0.717, 1.165) is 10.6 Å². The van der Waals surface area contributed by atoms with Crippen molar-refractivity contribution in [2.24, 2.45) is 10.2 Å². The molecule has 2 rings (SSSR count).